The Kier molecular flexibility index (Phi) is 7.95. The van der Waals surface area contributed by atoms with Gasteiger partial charge in [-0.2, -0.15) is 5.10 Å². The molecule has 0 saturated heterocycles. The van der Waals surface area contributed by atoms with Crippen LogP contribution in [-0.4, -0.2) is 52.1 Å². The molecule has 0 saturated carbocycles. The largest absolute Gasteiger partial charge is 0.492 e. The van der Waals surface area contributed by atoms with Crippen molar-refractivity contribution in [1.29, 1.82) is 0 Å². The van der Waals surface area contributed by atoms with Crippen molar-refractivity contribution in [3.63, 3.8) is 0 Å². The lowest BCUT2D eigenvalue weighted by Crippen LogP contribution is -2.11. The van der Waals surface area contributed by atoms with Crippen molar-refractivity contribution in [3.05, 3.63) is 54.7 Å². The van der Waals surface area contributed by atoms with Gasteiger partial charge in [-0.1, -0.05) is 0 Å². The van der Waals surface area contributed by atoms with Crippen molar-refractivity contribution in [2.45, 2.75) is 6.92 Å². The van der Waals surface area contributed by atoms with Gasteiger partial charge in [-0.05, 0) is 24.6 Å². The second kappa shape index (κ2) is 10.7. The van der Waals surface area contributed by atoms with Crippen molar-refractivity contribution in [2.75, 3.05) is 18.5 Å². The zero-order valence-electron chi connectivity index (χ0n) is 19.4. The highest BCUT2D eigenvalue weighted by Gasteiger charge is 2.19. The van der Waals surface area contributed by atoms with Crippen LogP contribution in [0.2, 0.25) is 0 Å². The third-order valence-electron chi connectivity index (χ3n) is 5.26. The Hall–Kier alpha value is -3.67. The van der Waals surface area contributed by atoms with Crippen LogP contribution >= 0.6 is 24.8 Å². The van der Waals surface area contributed by atoms with Gasteiger partial charge in [-0.25, -0.2) is 19.5 Å². The first-order chi connectivity index (χ1) is 16.0. The van der Waals surface area contributed by atoms with Crippen LogP contribution < -0.4 is 15.8 Å². The minimum atomic E-state index is 0. The third-order valence-corrected chi connectivity index (χ3v) is 5.26. The van der Waals surface area contributed by atoms with E-state index in [4.69, 9.17) is 20.6 Å². The smallest absolute Gasteiger partial charge is 0.218 e. The van der Waals surface area contributed by atoms with Gasteiger partial charge in [0.2, 0.25) is 5.82 Å². The molecule has 35 heavy (non-hydrogen) atoms. The number of aryl methyl sites for hydroxylation is 3. The van der Waals surface area contributed by atoms with Gasteiger partial charge in [0, 0.05) is 63.3 Å². The SMILES string of the molecule is Cc1c(-c2ccn(C)n2)cn2nc(-c3nccn3C)nc(Nc3cc(OCCN)ccn3)c12.Cl.Cl. The Labute approximate surface area is 214 Å². The predicted molar refractivity (Wildman–Crippen MR) is 139 cm³/mol. The predicted octanol–water partition coefficient (Wildman–Crippen LogP) is 3.16. The number of rotatable bonds is 7. The number of ether oxygens (including phenoxy) is 1. The first kappa shape index (κ1) is 25.9. The number of pyridine rings is 1. The van der Waals surface area contributed by atoms with Gasteiger partial charge in [-0.3, -0.25) is 4.68 Å². The van der Waals surface area contributed by atoms with Crippen LogP contribution in [0.25, 0.3) is 28.4 Å². The summed E-state index contributed by atoms with van der Waals surface area (Å²) >= 11 is 0. The van der Waals surface area contributed by atoms with Gasteiger partial charge in [0.05, 0.1) is 5.69 Å². The highest BCUT2D eigenvalue weighted by molar-refractivity contribution is 5.86. The molecule has 0 spiro atoms. The standard InChI is InChI=1S/C22H24N10O.2ClH/c1-14-16(17-5-9-31(3)28-17)13-32-19(14)20(27-21(29-32)22-25-8-10-30(22)2)26-18-12-15(4-7-24-18)33-11-6-23;;/h4-5,7-10,12-13H,6,11,23H2,1-3H3,(H,24,26,27,29);2*1H. The van der Waals surface area contributed by atoms with Crippen LogP contribution in [0.1, 0.15) is 5.56 Å². The quantitative estimate of drug-likeness (QED) is 0.337. The number of nitrogens with zero attached hydrogens (tertiary/aromatic N) is 8. The zero-order chi connectivity index (χ0) is 22.9. The summed E-state index contributed by atoms with van der Waals surface area (Å²) in [6.45, 7) is 2.89. The first-order valence-electron chi connectivity index (χ1n) is 10.5. The molecule has 5 aromatic heterocycles. The first-order valence-corrected chi connectivity index (χ1v) is 10.5. The number of anilines is 2. The molecule has 11 nitrogen and oxygen atoms in total. The zero-order valence-corrected chi connectivity index (χ0v) is 21.0. The normalized spacial score (nSPS) is 10.6. The maximum atomic E-state index is 5.64. The molecule has 184 valence electrons. The minimum Gasteiger partial charge on any atom is -0.492 e. The second-order valence-electron chi connectivity index (χ2n) is 7.62. The molecular weight excluding hydrogens is 491 g/mol. The van der Waals surface area contributed by atoms with Gasteiger partial charge in [0.15, 0.2) is 11.6 Å². The van der Waals surface area contributed by atoms with Gasteiger partial charge in [0.1, 0.15) is 23.7 Å². The number of nitrogens with two attached hydrogens (primary N) is 1. The van der Waals surface area contributed by atoms with Gasteiger partial charge < -0.3 is 20.4 Å². The average Bonchev–Trinajstić information content (AvgIpc) is 3.51. The van der Waals surface area contributed by atoms with Crippen LogP contribution in [-0.2, 0) is 14.1 Å². The summed E-state index contributed by atoms with van der Waals surface area (Å²) in [5.41, 5.74) is 9.21. The molecule has 0 unspecified atom stereocenters. The Bertz CT molecular complexity index is 1440. The maximum absolute atomic E-state index is 5.64. The molecule has 5 aromatic rings. The van der Waals surface area contributed by atoms with Crippen molar-refractivity contribution in [1.82, 2.24) is 38.9 Å². The van der Waals surface area contributed by atoms with E-state index in [2.05, 4.69) is 20.4 Å². The monoisotopic (exact) mass is 516 g/mol. The average molecular weight is 517 g/mol. The molecule has 0 aliphatic rings. The molecule has 13 heteroatoms. The van der Waals surface area contributed by atoms with Crippen molar-refractivity contribution in [2.24, 2.45) is 19.8 Å². The van der Waals surface area contributed by atoms with E-state index in [1.54, 1.807) is 23.1 Å². The highest BCUT2D eigenvalue weighted by atomic mass is 35.5. The molecule has 5 heterocycles. The van der Waals surface area contributed by atoms with E-state index in [0.717, 1.165) is 22.3 Å². The Morgan fingerprint density at radius 2 is 1.89 bits per heavy atom. The number of fused-ring (bicyclic) bond motifs is 1. The van der Waals surface area contributed by atoms with Gasteiger partial charge in [-0.15, -0.1) is 29.9 Å². The van der Waals surface area contributed by atoms with Gasteiger partial charge >= 0.3 is 0 Å². The van der Waals surface area contributed by atoms with Crippen LogP contribution in [0.4, 0.5) is 11.6 Å². The molecule has 3 N–H and O–H groups in total. The lowest BCUT2D eigenvalue weighted by Gasteiger charge is -2.11. The molecule has 0 radical (unpaired) electrons. The van der Waals surface area contributed by atoms with E-state index in [9.17, 15) is 0 Å². The third kappa shape index (κ3) is 5.06. The van der Waals surface area contributed by atoms with E-state index in [-0.39, 0.29) is 24.8 Å². The van der Waals surface area contributed by atoms with Crippen LogP contribution in [0.3, 0.4) is 0 Å². The molecule has 0 aliphatic carbocycles. The molecule has 0 atom stereocenters. The van der Waals surface area contributed by atoms with Crippen LogP contribution in [0, 0.1) is 6.92 Å². The lowest BCUT2D eigenvalue weighted by atomic mass is 10.1. The summed E-state index contributed by atoms with van der Waals surface area (Å²) in [6, 6.07) is 5.58. The number of hydrogen-bond donors (Lipinski definition) is 2. The molecule has 0 aliphatic heterocycles. The molecule has 0 amide bonds. The van der Waals surface area contributed by atoms with E-state index in [1.165, 1.54) is 0 Å². The minimum absolute atomic E-state index is 0. The summed E-state index contributed by atoms with van der Waals surface area (Å²) in [6.07, 6.45) is 9.13. The molecule has 5 rings (SSSR count). The molecular formula is C22H26Cl2N10O. The molecule has 0 aromatic carbocycles. The van der Waals surface area contributed by atoms with Crippen LogP contribution in [0.5, 0.6) is 5.75 Å². The van der Waals surface area contributed by atoms with Gasteiger partial charge in [0.25, 0.3) is 0 Å². The number of hydrogen-bond acceptors (Lipinski definition) is 8. The maximum Gasteiger partial charge on any atom is 0.218 e. The number of imidazole rings is 1. The van der Waals surface area contributed by atoms with Crippen molar-refractivity contribution >= 4 is 42.0 Å². The fourth-order valence-corrected chi connectivity index (χ4v) is 3.68. The van der Waals surface area contributed by atoms with Crippen molar-refractivity contribution < 1.29 is 4.74 Å². The number of nitrogens with one attached hydrogen (secondary N) is 1. The number of halogens is 2. The highest BCUT2D eigenvalue weighted by Crippen LogP contribution is 2.32. The lowest BCUT2D eigenvalue weighted by molar-refractivity contribution is 0.328. The van der Waals surface area contributed by atoms with E-state index in [0.29, 0.717) is 42.2 Å². The summed E-state index contributed by atoms with van der Waals surface area (Å²) < 4.78 is 11.1. The summed E-state index contributed by atoms with van der Waals surface area (Å²) in [4.78, 5) is 13.7. The van der Waals surface area contributed by atoms with Crippen molar-refractivity contribution in [3.8, 4) is 28.7 Å². The fraction of sp³-hybridized carbons (Fsp3) is 0.227. The van der Waals surface area contributed by atoms with E-state index >= 15 is 0 Å². The summed E-state index contributed by atoms with van der Waals surface area (Å²) in [5.74, 6) is 3.00. The topological polar surface area (TPSA) is 126 Å². The Morgan fingerprint density at radius 1 is 1.06 bits per heavy atom. The molecule has 0 bridgehead atoms. The van der Waals surface area contributed by atoms with Crippen LogP contribution in [0.15, 0.2) is 49.2 Å². The fourth-order valence-electron chi connectivity index (χ4n) is 3.68. The second-order valence-corrected chi connectivity index (χ2v) is 7.62. The Balaban J connectivity index is 0.00000171. The van der Waals surface area contributed by atoms with E-state index in [1.807, 2.05) is 60.8 Å². The summed E-state index contributed by atoms with van der Waals surface area (Å²) in [5, 5.41) is 12.6. The molecule has 0 fully saturated rings. The Morgan fingerprint density at radius 3 is 2.57 bits per heavy atom. The number of aromatic nitrogens is 8. The van der Waals surface area contributed by atoms with E-state index < -0.39 is 0 Å². The summed E-state index contributed by atoms with van der Waals surface area (Å²) in [7, 11) is 3.80.